The van der Waals surface area contributed by atoms with E-state index in [1.54, 1.807) is 12.1 Å². The van der Waals surface area contributed by atoms with Crippen LogP contribution in [0.15, 0.2) is 61.2 Å². The van der Waals surface area contributed by atoms with Gasteiger partial charge in [-0.25, -0.2) is 9.18 Å². The van der Waals surface area contributed by atoms with E-state index in [-0.39, 0.29) is 11.3 Å². The molecule has 192 valence electrons. The zero-order valence-electron chi connectivity index (χ0n) is 21.4. The van der Waals surface area contributed by atoms with E-state index in [9.17, 15) is 13.6 Å². The van der Waals surface area contributed by atoms with Crippen LogP contribution in [0, 0.1) is 29.4 Å². The van der Waals surface area contributed by atoms with Crippen molar-refractivity contribution in [1.29, 1.82) is 0 Å². The maximum absolute atomic E-state index is 14.5. The van der Waals surface area contributed by atoms with Crippen molar-refractivity contribution >= 4 is 5.97 Å². The smallest absolute Gasteiger partial charge is 0.343 e. The Morgan fingerprint density at radius 2 is 1.72 bits per heavy atom. The molecule has 4 heteroatoms. The Balaban J connectivity index is 1.34. The van der Waals surface area contributed by atoms with Crippen LogP contribution in [-0.2, 0) is 6.42 Å². The molecule has 0 amide bonds. The van der Waals surface area contributed by atoms with Gasteiger partial charge in [-0.1, -0.05) is 42.8 Å². The second-order valence-electron chi connectivity index (χ2n) is 10.5. The quantitative estimate of drug-likeness (QED) is 0.198. The highest BCUT2D eigenvalue weighted by Gasteiger charge is 2.35. The fourth-order valence-electron chi connectivity index (χ4n) is 6.20. The number of benzene rings is 2. The summed E-state index contributed by atoms with van der Waals surface area (Å²) in [5.41, 5.74) is 1.86. The number of fused-ring (bicyclic) bond motifs is 1. The highest BCUT2D eigenvalue weighted by atomic mass is 19.2. The fourth-order valence-corrected chi connectivity index (χ4v) is 6.20. The molecule has 2 aliphatic carbocycles. The Hall–Kier alpha value is -2.75. The van der Waals surface area contributed by atoms with Gasteiger partial charge in [0.1, 0.15) is 0 Å². The number of carbonyl (C=O) groups excluding carboxylic acids is 1. The lowest BCUT2D eigenvalue weighted by Crippen LogP contribution is -2.30. The Labute approximate surface area is 214 Å². The normalized spacial score (nSPS) is 23.9. The lowest BCUT2D eigenvalue weighted by atomic mass is 9.63. The lowest BCUT2D eigenvalue weighted by Gasteiger charge is -2.42. The highest BCUT2D eigenvalue weighted by Crippen LogP contribution is 2.48. The van der Waals surface area contributed by atoms with E-state index in [0.29, 0.717) is 24.3 Å². The SMILES string of the molecule is C=CCCC1CCC2CC(c3ccc(C(=O)Oc4ccc(CC/C=C/C)c(F)c4F)cc3)CCC2C1. The van der Waals surface area contributed by atoms with Crippen LogP contribution in [0.5, 0.6) is 5.75 Å². The molecule has 2 nitrogen and oxygen atoms in total. The van der Waals surface area contributed by atoms with Crippen LogP contribution in [0.1, 0.15) is 92.1 Å². The number of aryl methyl sites for hydroxylation is 1. The third kappa shape index (κ3) is 6.32. The van der Waals surface area contributed by atoms with Crippen molar-refractivity contribution < 1.29 is 18.3 Å². The number of rotatable bonds is 9. The molecule has 0 aromatic heterocycles. The van der Waals surface area contributed by atoms with Crippen LogP contribution >= 0.6 is 0 Å². The van der Waals surface area contributed by atoms with Crippen molar-refractivity contribution in [2.24, 2.45) is 17.8 Å². The number of carbonyl (C=O) groups is 1. The maximum atomic E-state index is 14.5. The first-order valence-electron chi connectivity index (χ1n) is 13.5. The van der Waals surface area contributed by atoms with Crippen LogP contribution in [0.3, 0.4) is 0 Å². The summed E-state index contributed by atoms with van der Waals surface area (Å²) in [4.78, 5) is 12.6. The zero-order valence-corrected chi connectivity index (χ0v) is 21.4. The van der Waals surface area contributed by atoms with Crippen LogP contribution in [0.4, 0.5) is 8.78 Å². The Morgan fingerprint density at radius 1 is 0.972 bits per heavy atom. The van der Waals surface area contributed by atoms with Gasteiger partial charge < -0.3 is 4.74 Å². The van der Waals surface area contributed by atoms with Gasteiger partial charge in [0.25, 0.3) is 0 Å². The van der Waals surface area contributed by atoms with Crippen molar-refractivity contribution in [2.45, 2.75) is 77.0 Å². The van der Waals surface area contributed by atoms with Gasteiger partial charge in [-0.05, 0) is 118 Å². The molecule has 0 aliphatic heterocycles. The van der Waals surface area contributed by atoms with Crippen molar-refractivity contribution in [2.75, 3.05) is 0 Å². The van der Waals surface area contributed by atoms with Gasteiger partial charge in [0.2, 0.25) is 5.82 Å². The van der Waals surface area contributed by atoms with Gasteiger partial charge in [0.05, 0.1) is 5.56 Å². The van der Waals surface area contributed by atoms with Crippen LogP contribution in [0.25, 0.3) is 0 Å². The fraction of sp³-hybridized carbons (Fsp3) is 0.469. The molecule has 0 spiro atoms. The van der Waals surface area contributed by atoms with Gasteiger partial charge in [0, 0.05) is 0 Å². The summed E-state index contributed by atoms with van der Waals surface area (Å²) in [5.74, 6) is -0.0987. The summed E-state index contributed by atoms with van der Waals surface area (Å²) in [6, 6.07) is 10.3. The average Bonchev–Trinajstić information content (AvgIpc) is 2.91. The topological polar surface area (TPSA) is 26.3 Å². The van der Waals surface area contributed by atoms with E-state index in [2.05, 4.69) is 6.58 Å². The second kappa shape index (κ2) is 12.5. The van der Waals surface area contributed by atoms with Gasteiger partial charge in [0.15, 0.2) is 11.6 Å². The molecule has 0 radical (unpaired) electrons. The summed E-state index contributed by atoms with van der Waals surface area (Å²) in [6.07, 6.45) is 16.9. The predicted molar refractivity (Wildman–Crippen MR) is 141 cm³/mol. The largest absolute Gasteiger partial charge is 0.420 e. The van der Waals surface area contributed by atoms with E-state index < -0.39 is 17.6 Å². The number of ether oxygens (including phenoxy) is 1. The van der Waals surface area contributed by atoms with E-state index >= 15 is 0 Å². The van der Waals surface area contributed by atoms with E-state index in [4.69, 9.17) is 4.74 Å². The molecule has 0 heterocycles. The van der Waals surface area contributed by atoms with Crippen molar-refractivity contribution in [3.05, 3.63) is 89.5 Å². The summed E-state index contributed by atoms with van der Waals surface area (Å²) >= 11 is 0. The molecule has 2 aromatic carbocycles. The standard InChI is InChI=1S/C32H38F2O2/c1-3-5-7-9-24-18-19-29(31(34)30(24)33)36-32(35)25-14-12-23(13-15-25)27-17-16-26-20-22(8-6-4-2)10-11-28(26)21-27/h3-5,12-15,18-19,22,26-28H,2,6-11,16-17,20-21H2,1H3/b5-3+. The van der Waals surface area contributed by atoms with Gasteiger partial charge >= 0.3 is 5.97 Å². The molecule has 4 unspecified atom stereocenters. The van der Waals surface area contributed by atoms with Gasteiger partial charge in [-0.15, -0.1) is 6.58 Å². The molecule has 4 rings (SSSR count). The molecule has 2 saturated carbocycles. The minimum absolute atomic E-state index is 0.273. The molecule has 0 N–H and O–H groups in total. The van der Waals surface area contributed by atoms with Crippen molar-refractivity contribution in [1.82, 2.24) is 0 Å². The number of halogens is 2. The summed E-state index contributed by atoms with van der Waals surface area (Å²) < 4.78 is 34.1. The Morgan fingerprint density at radius 3 is 2.47 bits per heavy atom. The molecular weight excluding hydrogens is 454 g/mol. The third-order valence-electron chi connectivity index (χ3n) is 8.26. The molecule has 2 aromatic rings. The molecule has 0 bridgehead atoms. The minimum atomic E-state index is -1.12. The van der Waals surface area contributed by atoms with Crippen LogP contribution in [0.2, 0.25) is 0 Å². The third-order valence-corrected chi connectivity index (χ3v) is 8.26. The first-order chi connectivity index (χ1) is 17.5. The molecule has 2 fully saturated rings. The molecule has 2 aliphatic rings. The van der Waals surface area contributed by atoms with E-state index in [0.717, 1.165) is 24.2 Å². The monoisotopic (exact) mass is 492 g/mol. The molecule has 4 atom stereocenters. The van der Waals surface area contributed by atoms with Crippen LogP contribution < -0.4 is 4.74 Å². The Kier molecular flexibility index (Phi) is 9.12. The molecule has 36 heavy (non-hydrogen) atoms. The average molecular weight is 493 g/mol. The first kappa shape index (κ1) is 26.3. The van der Waals surface area contributed by atoms with Gasteiger partial charge in [-0.2, -0.15) is 4.39 Å². The Bertz CT molecular complexity index is 1070. The van der Waals surface area contributed by atoms with E-state index in [1.807, 2.05) is 37.3 Å². The summed E-state index contributed by atoms with van der Waals surface area (Å²) in [6.45, 7) is 5.75. The minimum Gasteiger partial charge on any atom is -0.420 e. The summed E-state index contributed by atoms with van der Waals surface area (Å²) in [7, 11) is 0. The number of hydrogen-bond acceptors (Lipinski definition) is 2. The van der Waals surface area contributed by atoms with E-state index in [1.165, 1.54) is 62.6 Å². The van der Waals surface area contributed by atoms with Crippen LogP contribution in [-0.4, -0.2) is 5.97 Å². The predicted octanol–water partition coefficient (Wildman–Crippen LogP) is 8.96. The molecular formula is C32H38F2O2. The second-order valence-corrected chi connectivity index (χ2v) is 10.5. The lowest BCUT2D eigenvalue weighted by molar-refractivity contribution is 0.0726. The zero-order chi connectivity index (χ0) is 25.5. The van der Waals surface area contributed by atoms with Crippen molar-refractivity contribution in [3.8, 4) is 5.75 Å². The van der Waals surface area contributed by atoms with Crippen molar-refractivity contribution in [3.63, 3.8) is 0 Å². The van der Waals surface area contributed by atoms with Gasteiger partial charge in [-0.3, -0.25) is 0 Å². The highest BCUT2D eigenvalue weighted by molar-refractivity contribution is 5.91. The summed E-state index contributed by atoms with van der Waals surface area (Å²) in [5, 5.41) is 0. The number of esters is 1. The number of allylic oxidation sites excluding steroid dienone is 3. The maximum Gasteiger partial charge on any atom is 0.343 e. The number of hydrogen-bond donors (Lipinski definition) is 0. The first-order valence-corrected chi connectivity index (χ1v) is 13.5. The molecule has 0 saturated heterocycles.